The molecule has 1 aromatic heterocycles. The molecular weight excluding hydrogens is 514 g/mol. The van der Waals surface area contributed by atoms with Crippen molar-refractivity contribution >= 4 is 23.2 Å². The smallest absolute Gasteiger partial charge is 0.412 e. The van der Waals surface area contributed by atoms with Crippen molar-refractivity contribution < 1.29 is 35.7 Å². The lowest BCUT2D eigenvalue weighted by atomic mass is 9.71. The van der Waals surface area contributed by atoms with Crippen LogP contribution in [0.3, 0.4) is 0 Å². The molecule has 1 amide bonds. The maximum Gasteiger partial charge on any atom is 0.412 e. The van der Waals surface area contributed by atoms with Gasteiger partial charge in [0.1, 0.15) is 18.9 Å². The van der Waals surface area contributed by atoms with E-state index in [0.717, 1.165) is 72.7 Å². The third-order valence-electron chi connectivity index (χ3n) is 7.26. The minimum atomic E-state index is -0.416. The monoisotopic (exact) mass is 543 g/mol. The lowest BCUT2D eigenvalue weighted by Gasteiger charge is -2.54. The fourth-order valence-electron chi connectivity index (χ4n) is 5.04. The van der Waals surface area contributed by atoms with Gasteiger partial charge in [0.2, 0.25) is 0 Å². The average Bonchev–Trinajstić information content (AvgIpc) is 3.33. The Morgan fingerprint density at radius 2 is 1.65 bits per heavy atom. The summed E-state index contributed by atoms with van der Waals surface area (Å²) < 4.78 is 12.8. The molecule has 180 valence electrons. The molecule has 6 rings (SSSR count). The lowest BCUT2D eigenvalue weighted by molar-refractivity contribution is -0.945. The predicted molar refractivity (Wildman–Crippen MR) is 130 cm³/mol. The van der Waals surface area contributed by atoms with Crippen LogP contribution in [0.4, 0.5) is 10.6 Å². The summed E-state index contributed by atoms with van der Waals surface area (Å²) in [6.45, 7) is 5.66. The number of para-hydroxylation sites is 1. The second-order valence-corrected chi connectivity index (χ2v) is 10.1. The molecular formula is C26H30BrN3O3S. The molecule has 3 aliphatic rings. The molecule has 3 saturated heterocycles. The van der Waals surface area contributed by atoms with Gasteiger partial charge in [-0.15, -0.1) is 11.3 Å². The van der Waals surface area contributed by atoms with Gasteiger partial charge >= 0.3 is 6.09 Å². The Bertz CT molecular complexity index is 1050. The number of piperidine rings is 3. The predicted octanol–water partition coefficient (Wildman–Crippen LogP) is 2.44. The molecule has 3 aliphatic heterocycles. The van der Waals surface area contributed by atoms with Crippen LogP contribution in [0.1, 0.15) is 19.3 Å². The summed E-state index contributed by atoms with van der Waals surface area (Å²) in [4.78, 5) is 17.8. The number of nitrogens with zero attached hydrogens (tertiary/aromatic N) is 2. The highest BCUT2D eigenvalue weighted by molar-refractivity contribution is 7.13. The van der Waals surface area contributed by atoms with Gasteiger partial charge in [-0.05, 0) is 17.7 Å². The number of halogens is 1. The number of carbonyl (C=O) groups excluding carboxylic acids is 1. The van der Waals surface area contributed by atoms with Crippen molar-refractivity contribution in [3.63, 3.8) is 0 Å². The molecule has 0 atom stereocenters. The standard InChI is InChI=1S/C26H29N3O3S.BrH/c30-25(28-24-23(33-20-27-24)21-7-3-1-4-8-21)32-19-26-11-14-29(15-12-26,16-13-26)17-18-31-22-9-5-2-6-10-22;/h1-10,20H,11-19H2;1H. The largest absolute Gasteiger partial charge is 1.00 e. The summed E-state index contributed by atoms with van der Waals surface area (Å²) >= 11 is 1.51. The van der Waals surface area contributed by atoms with Crippen LogP contribution in [0, 0.1) is 5.41 Å². The van der Waals surface area contributed by atoms with Crippen LogP contribution in [0.15, 0.2) is 66.2 Å². The normalized spacial score (nSPS) is 23.1. The van der Waals surface area contributed by atoms with E-state index >= 15 is 0 Å². The van der Waals surface area contributed by atoms with E-state index in [2.05, 4.69) is 10.3 Å². The van der Waals surface area contributed by atoms with Gasteiger partial charge in [0.15, 0.2) is 5.82 Å². The Morgan fingerprint density at radius 1 is 1.00 bits per heavy atom. The molecule has 34 heavy (non-hydrogen) atoms. The van der Waals surface area contributed by atoms with Crippen molar-refractivity contribution in [2.45, 2.75) is 19.3 Å². The van der Waals surface area contributed by atoms with E-state index in [1.54, 1.807) is 5.51 Å². The number of hydrogen-bond acceptors (Lipinski definition) is 5. The van der Waals surface area contributed by atoms with Crippen LogP contribution < -0.4 is 27.0 Å². The number of thiazole rings is 1. The van der Waals surface area contributed by atoms with Gasteiger partial charge in [0.25, 0.3) is 0 Å². The number of rotatable bonds is 8. The zero-order chi connectivity index (χ0) is 22.6. The lowest BCUT2D eigenvalue weighted by Crippen LogP contribution is -3.00. The van der Waals surface area contributed by atoms with Gasteiger partial charge in [0.05, 0.1) is 36.6 Å². The number of hydrogen-bond donors (Lipinski definition) is 1. The van der Waals surface area contributed by atoms with Crippen LogP contribution in [0.2, 0.25) is 0 Å². The van der Waals surface area contributed by atoms with Crippen LogP contribution in [-0.4, -0.2) is 55.0 Å². The van der Waals surface area contributed by atoms with E-state index < -0.39 is 6.09 Å². The second-order valence-electron chi connectivity index (χ2n) is 9.24. The SMILES string of the molecule is O=C(Nc1ncsc1-c1ccccc1)OCC12CC[N+](CCOc3ccccc3)(CC1)CC2.[Br-]. The van der Waals surface area contributed by atoms with Gasteiger partial charge in [-0.2, -0.15) is 0 Å². The fourth-order valence-corrected chi connectivity index (χ4v) is 5.79. The molecule has 0 spiro atoms. The molecule has 4 heterocycles. The first kappa shape index (κ1) is 24.7. The molecule has 1 N–H and O–H groups in total. The van der Waals surface area contributed by atoms with Crippen molar-refractivity contribution in [1.29, 1.82) is 0 Å². The highest BCUT2D eigenvalue weighted by Crippen LogP contribution is 2.44. The first-order chi connectivity index (χ1) is 16.2. The number of fused-ring (bicyclic) bond motifs is 3. The number of ether oxygens (including phenoxy) is 2. The number of benzene rings is 2. The van der Waals surface area contributed by atoms with Gasteiger partial charge < -0.3 is 30.9 Å². The first-order valence-corrected chi connectivity index (χ1v) is 12.5. The topological polar surface area (TPSA) is 60.5 Å². The fraction of sp³-hybridized carbons (Fsp3) is 0.385. The summed E-state index contributed by atoms with van der Waals surface area (Å²) in [5, 5.41) is 2.85. The Balaban J connectivity index is 0.00000274. The number of quaternary nitrogens is 1. The van der Waals surface area contributed by atoms with Crippen LogP contribution >= 0.6 is 11.3 Å². The molecule has 0 unspecified atom stereocenters. The highest BCUT2D eigenvalue weighted by Gasteiger charge is 2.49. The summed E-state index contributed by atoms with van der Waals surface area (Å²) in [5.41, 5.74) is 2.90. The quantitative estimate of drug-likeness (QED) is 0.443. The summed E-state index contributed by atoms with van der Waals surface area (Å²) in [5.74, 6) is 1.50. The van der Waals surface area contributed by atoms with Crippen molar-refractivity contribution in [2.75, 3.05) is 44.7 Å². The molecule has 3 aromatic rings. The van der Waals surface area contributed by atoms with Crippen molar-refractivity contribution in [1.82, 2.24) is 4.98 Å². The minimum absolute atomic E-state index is 0. The number of anilines is 1. The molecule has 2 bridgehead atoms. The van der Waals surface area contributed by atoms with Crippen molar-refractivity contribution in [3.05, 3.63) is 66.2 Å². The van der Waals surface area contributed by atoms with Crippen molar-refractivity contribution in [2.24, 2.45) is 5.41 Å². The Labute approximate surface area is 215 Å². The van der Waals surface area contributed by atoms with E-state index in [4.69, 9.17) is 9.47 Å². The van der Waals surface area contributed by atoms with Crippen LogP contribution in [0.25, 0.3) is 10.4 Å². The summed E-state index contributed by atoms with van der Waals surface area (Å²) in [6, 6.07) is 20.0. The maximum absolute atomic E-state index is 12.6. The molecule has 0 aliphatic carbocycles. The van der Waals surface area contributed by atoms with Crippen LogP contribution in [-0.2, 0) is 4.74 Å². The third-order valence-corrected chi connectivity index (χ3v) is 8.14. The van der Waals surface area contributed by atoms with E-state index in [1.807, 2.05) is 60.7 Å². The molecule has 0 radical (unpaired) electrons. The average molecular weight is 545 g/mol. The summed E-state index contributed by atoms with van der Waals surface area (Å²) in [7, 11) is 0. The second kappa shape index (κ2) is 10.9. The van der Waals surface area contributed by atoms with Crippen LogP contribution in [0.5, 0.6) is 5.75 Å². The molecule has 3 fully saturated rings. The molecule has 2 aromatic carbocycles. The van der Waals surface area contributed by atoms with E-state index in [1.165, 1.54) is 11.3 Å². The Morgan fingerprint density at radius 3 is 2.32 bits per heavy atom. The minimum Gasteiger partial charge on any atom is -1.00 e. The number of amides is 1. The zero-order valence-electron chi connectivity index (χ0n) is 19.1. The number of aromatic nitrogens is 1. The van der Waals surface area contributed by atoms with E-state index in [9.17, 15) is 4.79 Å². The van der Waals surface area contributed by atoms with Crippen molar-refractivity contribution in [3.8, 4) is 16.2 Å². The Hall–Kier alpha value is -2.42. The van der Waals surface area contributed by atoms with E-state index in [-0.39, 0.29) is 22.4 Å². The van der Waals surface area contributed by atoms with Gasteiger partial charge in [0, 0.05) is 24.7 Å². The summed E-state index contributed by atoms with van der Waals surface area (Å²) in [6.07, 6.45) is 2.87. The van der Waals surface area contributed by atoms with Gasteiger partial charge in [-0.1, -0.05) is 48.5 Å². The van der Waals surface area contributed by atoms with Gasteiger partial charge in [-0.25, -0.2) is 9.78 Å². The zero-order valence-corrected chi connectivity index (χ0v) is 21.5. The number of nitrogens with one attached hydrogen (secondary N) is 1. The third kappa shape index (κ3) is 5.62. The number of carbonyl (C=O) groups is 1. The van der Waals surface area contributed by atoms with E-state index in [0.29, 0.717) is 12.4 Å². The highest BCUT2D eigenvalue weighted by atomic mass is 79.9. The molecule has 0 saturated carbocycles. The maximum atomic E-state index is 12.6. The molecule has 6 nitrogen and oxygen atoms in total. The van der Waals surface area contributed by atoms with Gasteiger partial charge in [-0.3, -0.25) is 5.32 Å². The molecule has 8 heteroatoms. The Kier molecular flexibility index (Phi) is 7.91. The first-order valence-electron chi connectivity index (χ1n) is 11.6.